The molecule has 0 aromatic carbocycles. The second-order valence-electron chi connectivity index (χ2n) is 5.76. The van der Waals surface area contributed by atoms with E-state index in [-0.39, 0.29) is 5.91 Å². The molecule has 1 N–H and O–H groups in total. The largest absolute Gasteiger partial charge is 0.334 e. The first-order valence-corrected chi connectivity index (χ1v) is 8.16. The molecule has 120 valence electrons. The molecule has 1 amide bonds. The topological polar surface area (TPSA) is 35.6 Å². The van der Waals surface area contributed by atoms with Crippen molar-refractivity contribution in [1.29, 1.82) is 0 Å². The second kappa shape index (κ2) is 10.6. The lowest BCUT2D eigenvalue weighted by Crippen LogP contribution is -2.45. The summed E-state index contributed by atoms with van der Waals surface area (Å²) in [5.74, 6) is 0.170. The molecule has 0 aromatic heterocycles. The molecule has 4 nitrogen and oxygen atoms in total. The van der Waals surface area contributed by atoms with E-state index in [1.54, 1.807) is 17.1 Å². The van der Waals surface area contributed by atoms with Crippen LogP contribution in [-0.2, 0) is 4.79 Å². The van der Waals surface area contributed by atoms with Crippen LogP contribution in [0.1, 0.15) is 32.6 Å². The molecule has 0 saturated carbocycles. The van der Waals surface area contributed by atoms with Crippen molar-refractivity contribution in [3.8, 4) is 0 Å². The molecule has 1 saturated heterocycles. The van der Waals surface area contributed by atoms with E-state index in [1.807, 2.05) is 0 Å². The zero-order valence-electron chi connectivity index (χ0n) is 13.5. The van der Waals surface area contributed by atoms with E-state index >= 15 is 0 Å². The molecule has 4 heteroatoms. The summed E-state index contributed by atoms with van der Waals surface area (Å²) < 4.78 is 0. The summed E-state index contributed by atoms with van der Waals surface area (Å²) in [5.41, 5.74) is 0. The SMILES string of the molecule is C=CCN(CC=C)C(=O)CN(CCCC)CC1CCCN1. The predicted molar refractivity (Wildman–Crippen MR) is 89.3 cm³/mol. The fraction of sp³-hybridized carbons (Fsp3) is 0.706. The minimum Gasteiger partial charge on any atom is -0.334 e. The number of rotatable bonds is 11. The third-order valence-electron chi connectivity index (χ3n) is 3.88. The number of hydrogen-bond acceptors (Lipinski definition) is 3. The highest BCUT2D eigenvalue weighted by molar-refractivity contribution is 5.78. The lowest BCUT2D eigenvalue weighted by atomic mass is 10.2. The van der Waals surface area contributed by atoms with Gasteiger partial charge in [-0.15, -0.1) is 13.2 Å². The van der Waals surface area contributed by atoms with Gasteiger partial charge in [0, 0.05) is 25.7 Å². The maximum atomic E-state index is 12.4. The Morgan fingerprint density at radius 1 is 1.33 bits per heavy atom. The van der Waals surface area contributed by atoms with Crippen LogP contribution in [0.4, 0.5) is 0 Å². The quantitative estimate of drug-likeness (QED) is 0.592. The fourth-order valence-corrected chi connectivity index (χ4v) is 2.72. The van der Waals surface area contributed by atoms with Crippen molar-refractivity contribution < 1.29 is 4.79 Å². The van der Waals surface area contributed by atoms with E-state index in [0.717, 1.165) is 32.5 Å². The zero-order chi connectivity index (χ0) is 15.5. The summed E-state index contributed by atoms with van der Waals surface area (Å²) in [6.45, 7) is 14.4. The Morgan fingerprint density at radius 2 is 2.05 bits per heavy atom. The summed E-state index contributed by atoms with van der Waals surface area (Å²) in [6, 6.07) is 0.543. The number of unbranched alkanes of at least 4 members (excludes halogenated alkanes) is 1. The third-order valence-corrected chi connectivity index (χ3v) is 3.88. The summed E-state index contributed by atoms with van der Waals surface area (Å²) >= 11 is 0. The van der Waals surface area contributed by atoms with E-state index in [0.29, 0.717) is 25.7 Å². The van der Waals surface area contributed by atoms with Gasteiger partial charge in [0.05, 0.1) is 6.54 Å². The number of carbonyl (C=O) groups is 1. The first kappa shape index (κ1) is 17.9. The summed E-state index contributed by atoms with van der Waals surface area (Å²) in [6.07, 6.45) is 8.32. The molecule has 0 spiro atoms. The lowest BCUT2D eigenvalue weighted by Gasteiger charge is -2.28. The number of nitrogens with zero attached hydrogens (tertiary/aromatic N) is 2. The first-order chi connectivity index (χ1) is 10.2. The molecular weight excluding hydrogens is 262 g/mol. The van der Waals surface area contributed by atoms with Crippen LogP contribution in [0.2, 0.25) is 0 Å². The summed E-state index contributed by atoms with van der Waals surface area (Å²) in [4.78, 5) is 16.5. The van der Waals surface area contributed by atoms with Gasteiger partial charge in [-0.25, -0.2) is 0 Å². The monoisotopic (exact) mass is 293 g/mol. The van der Waals surface area contributed by atoms with Crippen molar-refractivity contribution in [2.75, 3.05) is 39.3 Å². The van der Waals surface area contributed by atoms with Crippen LogP contribution >= 0.6 is 0 Å². The van der Waals surface area contributed by atoms with E-state index < -0.39 is 0 Å². The molecular formula is C17H31N3O. The molecule has 1 aliphatic heterocycles. The van der Waals surface area contributed by atoms with Gasteiger partial charge in [-0.05, 0) is 32.4 Å². The Morgan fingerprint density at radius 3 is 2.57 bits per heavy atom. The van der Waals surface area contributed by atoms with Gasteiger partial charge in [0.15, 0.2) is 0 Å². The Bertz CT molecular complexity index is 314. The van der Waals surface area contributed by atoms with E-state index in [9.17, 15) is 4.79 Å². The molecule has 0 bridgehead atoms. The van der Waals surface area contributed by atoms with E-state index in [1.165, 1.54) is 12.8 Å². The van der Waals surface area contributed by atoms with E-state index in [2.05, 4.69) is 30.3 Å². The van der Waals surface area contributed by atoms with Crippen molar-refractivity contribution >= 4 is 5.91 Å². The van der Waals surface area contributed by atoms with Crippen molar-refractivity contribution in [3.05, 3.63) is 25.3 Å². The first-order valence-electron chi connectivity index (χ1n) is 8.16. The van der Waals surface area contributed by atoms with Gasteiger partial charge in [0.25, 0.3) is 0 Å². The zero-order valence-corrected chi connectivity index (χ0v) is 13.5. The van der Waals surface area contributed by atoms with Gasteiger partial charge in [0.1, 0.15) is 0 Å². The highest BCUT2D eigenvalue weighted by atomic mass is 16.2. The minimum absolute atomic E-state index is 0.170. The Labute approximate surface area is 129 Å². The number of carbonyl (C=O) groups excluding carboxylic acids is 1. The molecule has 1 unspecified atom stereocenters. The maximum Gasteiger partial charge on any atom is 0.237 e. The number of nitrogens with one attached hydrogen (secondary N) is 1. The second-order valence-corrected chi connectivity index (χ2v) is 5.76. The molecule has 1 aliphatic rings. The Hall–Kier alpha value is -1.13. The fourth-order valence-electron chi connectivity index (χ4n) is 2.72. The van der Waals surface area contributed by atoms with Crippen molar-refractivity contribution in [2.24, 2.45) is 0 Å². The molecule has 0 radical (unpaired) electrons. The number of amides is 1. The summed E-state index contributed by atoms with van der Waals surface area (Å²) in [7, 11) is 0. The van der Waals surface area contributed by atoms with Crippen molar-refractivity contribution in [1.82, 2.24) is 15.1 Å². The van der Waals surface area contributed by atoms with Crippen molar-refractivity contribution in [2.45, 2.75) is 38.6 Å². The van der Waals surface area contributed by atoms with Gasteiger partial charge in [-0.3, -0.25) is 9.69 Å². The standard InChI is InChI=1S/C17H31N3O/c1-4-7-13-19(14-16-9-8-10-18-16)15-17(21)20(11-5-2)12-6-3/h5-6,16,18H,2-4,7-15H2,1H3. The van der Waals surface area contributed by atoms with Crippen molar-refractivity contribution in [3.63, 3.8) is 0 Å². The Balaban J connectivity index is 2.53. The predicted octanol–water partition coefficient (Wildman–Crippen LogP) is 2.04. The highest BCUT2D eigenvalue weighted by Crippen LogP contribution is 2.08. The van der Waals surface area contributed by atoms with Crippen LogP contribution in [0.25, 0.3) is 0 Å². The van der Waals surface area contributed by atoms with Crippen LogP contribution in [0, 0.1) is 0 Å². The molecule has 0 aromatic rings. The average Bonchev–Trinajstić information content (AvgIpc) is 2.97. The van der Waals surface area contributed by atoms with Gasteiger partial charge < -0.3 is 10.2 Å². The van der Waals surface area contributed by atoms with Gasteiger partial charge in [-0.1, -0.05) is 25.5 Å². The molecule has 1 fully saturated rings. The van der Waals surface area contributed by atoms with Crippen LogP contribution in [0.15, 0.2) is 25.3 Å². The lowest BCUT2D eigenvalue weighted by molar-refractivity contribution is -0.131. The van der Waals surface area contributed by atoms with Gasteiger partial charge >= 0.3 is 0 Å². The smallest absolute Gasteiger partial charge is 0.237 e. The Kier molecular flexibility index (Phi) is 9.02. The average molecular weight is 293 g/mol. The van der Waals surface area contributed by atoms with Gasteiger partial charge in [-0.2, -0.15) is 0 Å². The maximum absolute atomic E-state index is 12.4. The highest BCUT2D eigenvalue weighted by Gasteiger charge is 2.21. The minimum atomic E-state index is 0.170. The van der Waals surface area contributed by atoms with Crippen LogP contribution in [0.3, 0.4) is 0 Å². The van der Waals surface area contributed by atoms with Crippen LogP contribution in [-0.4, -0.2) is 61.0 Å². The molecule has 1 heterocycles. The summed E-state index contributed by atoms with van der Waals surface area (Å²) in [5, 5.41) is 3.52. The van der Waals surface area contributed by atoms with Gasteiger partial charge in [0.2, 0.25) is 5.91 Å². The molecule has 0 aliphatic carbocycles. The molecule has 1 atom stereocenters. The van der Waals surface area contributed by atoms with E-state index in [4.69, 9.17) is 0 Å². The molecule has 21 heavy (non-hydrogen) atoms. The third kappa shape index (κ3) is 6.91. The normalized spacial score (nSPS) is 17.9. The molecule has 1 rings (SSSR count). The van der Waals surface area contributed by atoms with Crippen LogP contribution in [0.5, 0.6) is 0 Å². The van der Waals surface area contributed by atoms with Crippen LogP contribution < -0.4 is 5.32 Å². The number of hydrogen-bond donors (Lipinski definition) is 1.